The summed E-state index contributed by atoms with van der Waals surface area (Å²) in [7, 11) is 0. The molecular formula is C9H9BrN2S2. The molecule has 1 unspecified atom stereocenters. The molecule has 0 saturated heterocycles. The summed E-state index contributed by atoms with van der Waals surface area (Å²) in [4.78, 5) is 6.67. The van der Waals surface area contributed by atoms with Crippen molar-refractivity contribution in [2.45, 2.75) is 13.0 Å². The second kappa shape index (κ2) is 4.10. The summed E-state index contributed by atoms with van der Waals surface area (Å²) in [5.74, 6) is 0. The fraction of sp³-hybridized carbons (Fsp3) is 0.222. The lowest BCUT2D eigenvalue weighted by molar-refractivity contribution is 0.835. The molecule has 2 rings (SSSR count). The lowest BCUT2D eigenvalue weighted by atomic mass is 10.3. The van der Waals surface area contributed by atoms with Crippen LogP contribution in [-0.2, 0) is 0 Å². The molecule has 5 heteroatoms. The Balaban J connectivity index is 2.33. The molecule has 74 valence electrons. The largest absolute Gasteiger partial charge is 0.323 e. The fourth-order valence-corrected chi connectivity index (χ4v) is 3.40. The summed E-state index contributed by atoms with van der Waals surface area (Å²) in [6, 6.07) is 2.15. The van der Waals surface area contributed by atoms with Gasteiger partial charge in [0.15, 0.2) is 0 Å². The molecule has 0 spiro atoms. The van der Waals surface area contributed by atoms with Gasteiger partial charge in [0.2, 0.25) is 0 Å². The van der Waals surface area contributed by atoms with Crippen molar-refractivity contribution in [3.8, 4) is 9.88 Å². The monoisotopic (exact) mass is 288 g/mol. The Morgan fingerprint density at radius 1 is 1.57 bits per heavy atom. The number of thiophene rings is 1. The molecule has 0 radical (unpaired) electrons. The van der Waals surface area contributed by atoms with E-state index in [1.54, 1.807) is 22.7 Å². The third kappa shape index (κ3) is 2.06. The third-order valence-electron chi connectivity index (χ3n) is 1.75. The summed E-state index contributed by atoms with van der Waals surface area (Å²) >= 11 is 6.78. The van der Waals surface area contributed by atoms with Crippen molar-refractivity contribution < 1.29 is 0 Å². The van der Waals surface area contributed by atoms with Crippen LogP contribution in [0.15, 0.2) is 22.1 Å². The van der Waals surface area contributed by atoms with Gasteiger partial charge in [-0.1, -0.05) is 0 Å². The van der Waals surface area contributed by atoms with E-state index >= 15 is 0 Å². The van der Waals surface area contributed by atoms with Crippen LogP contribution in [-0.4, -0.2) is 4.98 Å². The highest BCUT2D eigenvalue weighted by Crippen LogP contribution is 2.33. The van der Waals surface area contributed by atoms with E-state index in [9.17, 15) is 0 Å². The van der Waals surface area contributed by atoms with Gasteiger partial charge in [-0.2, -0.15) is 0 Å². The van der Waals surface area contributed by atoms with E-state index in [0.717, 1.165) is 14.4 Å². The van der Waals surface area contributed by atoms with Crippen LogP contribution in [0.2, 0.25) is 0 Å². The van der Waals surface area contributed by atoms with Gasteiger partial charge >= 0.3 is 0 Å². The topological polar surface area (TPSA) is 38.9 Å². The van der Waals surface area contributed by atoms with Gasteiger partial charge in [0, 0.05) is 27.0 Å². The van der Waals surface area contributed by atoms with Gasteiger partial charge in [0.25, 0.3) is 0 Å². The molecule has 1 atom stereocenters. The number of hydrogen-bond acceptors (Lipinski definition) is 4. The van der Waals surface area contributed by atoms with E-state index in [-0.39, 0.29) is 6.04 Å². The molecule has 2 nitrogen and oxygen atoms in total. The third-order valence-corrected chi connectivity index (χ3v) is 4.81. The minimum Gasteiger partial charge on any atom is -0.323 e. The Labute approximate surface area is 98.9 Å². The van der Waals surface area contributed by atoms with Crippen LogP contribution in [0.1, 0.15) is 17.8 Å². The molecule has 2 aromatic heterocycles. The second-order valence-electron chi connectivity index (χ2n) is 2.99. The van der Waals surface area contributed by atoms with E-state index in [1.807, 2.05) is 13.1 Å². The second-order valence-corrected chi connectivity index (χ2v) is 5.87. The highest BCUT2D eigenvalue weighted by molar-refractivity contribution is 9.10. The van der Waals surface area contributed by atoms with Crippen LogP contribution >= 0.6 is 38.6 Å². The number of hydrogen-bond donors (Lipinski definition) is 1. The van der Waals surface area contributed by atoms with Gasteiger partial charge < -0.3 is 5.73 Å². The maximum absolute atomic E-state index is 5.77. The quantitative estimate of drug-likeness (QED) is 0.916. The minimum absolute atomic E-state index is 0.0738. The zero-order chi connectivity index (χ0) is 10.1. The van der Waals surface area contributed by atoms with Crippen molar-refractivity contribution in [2.75, 3.05) is 0 Å². The van der Waals surface area contributed by atoms with E-state index in [4.69, 9.17) is 5.73 Å². The molecule has 2 heterocycles. The van der Waals surface area contributed by atoms with Crippen molar-refractivity contribution in [3.63, 3.8) is 0 Å². The van der Waals surface area contributed by atoms with Crippen molar-refractivity contribution in [1.29, 1.82) is 0 Å². The van der Waals surface area contributed by atoms with Gasteiger partial charge in [-0.3, -0.25) is 0 Å². The summed E-state index contributed by atoms with van der Waals surface area (Å²) in [5, 5.41) is 3.11. The summed E-state index contributed by atoms with van der Waals surface area (Å²) in [5.41, 5.74) is 5.77. The van der Waals surface area contributed by atoms with E-state index in [2.05, 4.69) is 32.4 Å². The number of aromatic nitrogens is 1. The molecule has 0 fully saturated rings. The van der Waals surface area contributed by atoms with Crippen molar-refractivity contribution in [3.05, 3.63) is 27.0 Å². The zero-order valence-electron chi connectivity index (χ0n) is 7.53. The lowest BCUT2D eigenvalue weighted by Crippen LogP contribution is -2.01. The van der Waals surface area contributed by atoms with Crippen LogP contribution in [0.5, 0.6) is 0 Å². The number of nitrogens with two attached hydrogens (primary N) is 1. The lowest BCUT2D eigenvalue weighted by Gasteiger charge is -1.96. The van der Waals surface area contributed by atoms with E-state index in [0.29, 0.717) is 0 Å². The average molecular weight is 289 g/mol. The predicted molar refractivity (Wildman–Crippen MR) is 65.7 cm³/mol. The van der Waals surface area contributed by atoms with Crippen LogP contribution in [0.3, 0.4) is 0 Å². The van der Waals surface area contributed by atoms with Gasteiger partial charge in [-0.15, -0.1) is 22.7 Å². The number of rotatable bonds is 2. The standard InChI is InChI=1S/C9H9BrN2S2/c1-5(11)8-3-12-9(14-8)7-2-6(10)4-13-7/h2-5H,11H2,1H3. The first-order valence-corrected chi connectivity index (χ1v) is 6.61. The van der Waals surface area contributed by atoms with Gasteiger partial charge in [-0.05, 0) is 28.9 Å². The molecule has 0 aromatic carbocycles. The minimum atomic E-state index is 0.0738. The predicted octanol–water partition coefficient (Wildman–Crippen LogP) is 3.65. The normalized spacial score (nSPS) is 13.1. The van der Waals surface area contributed by atoms with Crippen LogP contribution in [0.25, 0.3) is 9.88 Å². The molecule has 0 saturated carbocycles. The Morgan fingerprint density at radius 3 is 2.86 bits per heavy atom. The Hall–Kier alpha value is -0.230. The first kappa shape index (κ1) is 10.3. The van der Waals surface area contributed by atoms with E-state index in [1.165, 1.54) is 4.88 Å². The molecule has 14 heavy (non-hydrogen) atoms. The molecule has 2 aromatic rings. The molecule has 0 aliphatic carbocycles. The first-order chi connectivity index (χ1) is 6.66. The molecule has 0 bridgehead atoms. The summed E-state index contributed by atoms with van der Waals surface area (Å²) in [6.07, 6.45) is 1.86. The summed E-state index contributed by atoms with van der Waals surface area (Å²) in [6.45, 7) is 1.97. The Bertz CT molecular complexity index is 433. The van der Waals surface area contributed by atoms with Crippen LogP contribution in [0, 0.1) is 0 Å². The maximum atomic E-state index is 5.77. The summed E-state index contributed by atoms with van der Waals surface area (Å²) < 4.78 is 1.11. The van der Waals surface area contributed by atoms with Gasteiger partial charge in [0.1, 0.15) is 5.01 Å². The van der Waals surface area contributed by atoms with Crippen LogP contribution in [0.4, 0.5) is 0 Å². The van der Waals surface area contributed by atoms with E-state index < -0.39 is 0 Å². The van der Waals surface area contributed by atoms with Crippen molar-refractivity contribution in [2.24, 2.45) is 5.73 Å². The number of thiazole rings is 1. The molecule has 0 aliphatic rings. The maximum Gasteiger partial charge on any atom is 0.133 e. The first-order valence-electron chi connectivity index (χ1n) is 4.12. The molecule has 0 aliphatic heterocycles. The SMILES string of the molecule is CC(N)c1cnc(-c2cc(Br)cs2)s1. The average Bonchev–Trinajstić information content (AvgIpc) is 2.70. The van der Waals surface area contributed by atoms with Crippen molar-refractivity contribution in [1.82, 2.24) is 4.98 Å². The zero-order valence-corrected chi connectivity index (χ0v) is 10.7. The Kier molecular flexibility index (Phi) is 3.02. The highest BCUT2D eigenvalue weighted by Gasteiger charge is 2.08. The number of halogens is 1. The smallest absolute Gasteiger partial charge is 0.133 e. The van der Waals surface area contributed by atoms with Gasteiger partial charge in [0.05, 0.1) is 4.88 Å². The highest BCUT2D eigenvalue weighted by atomic mass is 79.9. The molecule has 2 N–H and O–H groups in total. The van der Waals surface area contributed by atoms with Crippen LogP contribution < -0.4 is 5.73 Å². The van der Waals surface area contributed by atoms with Crippen molar-refractivity contribution >= 4 is 38.6 Å². The molecular weight excluding hydrogens is 280 g/mol. The van der Waals surface area contributed by atoms with Gasteiger partial charge in [-0.25, -0.2) is 4.98 Å². The fourth-order valence-electron chi connectivity index (χ4n) is 1.04. The number of nitrogens with zero attached hydrogens (tertiary/aromatic N) is 1. The Morgan fingerprint density at radius 2 is 2.36 bits per heavy atom. The molecule has 0 amide bonds.